The molecule has 0 aliphatic carbocycles. The predicted octanol–water partition coefficient (Wildman–Crippen LogP) is 5.30. The first kappa shape index (κ1) is 20.4. The first-order valence-corrected chi connectivity index (χ1v) is 10.5. The molecule has 1 atom stereocenters. The highest BCUT2D eigenvalue weighted by Crippen LogP contribution is 2.25. The lowest BCUT2D eigenvalue weighted by Crippen LogP contribution is -2.30. The van der Waals surface area contributed by atoms with Crippen molar-refractivity contribution in [3.05, 3.63) is 76.1 Å². The largest absolute Gasteiger partial charge is 0.339 e. The molecule has 0 N–H and O–H groups in total. The summed E-state index contributed by atoms with van der Waals surface area (Å²) in [4.78, 5) is 19.5. The lowest BCUT2D eigenvalue weighted by atomic mass is 10.0. The fourth-order valence-electron chi connectivity index (χ4n) is 3.95. The van der Waals surface area contributed by atoms with Crippen LogP contribution in [-0.4, -0.2) is 32.5 Å². The molecular formula is C24H25ClN4O. The summed E-state index contributed by atoms with van der Waals surface area (Å²) in [6, 6.07) is 15.6. The Bertz CT molecular complexity index is 1250. The van der Waals surface area contributed by atoms with Crippen LogP contribution in [0.5, 0.6) is 0 Å². The Morgan fingerprint density at radius 3 is 2.70 bits per heavy atom. The van der Waals surface area contributed by atoms with E-state index in [-0.39, 0.29) is 11.9 Å². The number of hydrogen-bond donors (Lipinski definition) is 0. The highest BCUT2D eigenvalue weighted by molar-refractivity contribution is 6.30. The normalized spacial score (nSPS) is 12.4. The van der Waals surface area contributed by atoms with Crippen molar-refractivity contribution in [1.29, 1.82) is 0 Å². The molecule has 30 heavy (non-hydrogen) atoms. The molecule has 0 aliphatic heterocycles. The number of carbonyl (C=O) groups excluding carboxylic acids is 1. The van der Waals surface area contributed by atoms with Crippen LogP contribution in [0.4, 0.5) is 0 Å². The average molecular weight is 421 g/mol. The van der Waals surface area contributed by atoms with E-state index in [1.165, 1.54) is 0 Å². The van der Waals surface area contributed by atoms with E-state index in [4.69, 9.17) is 21.7 Å². The van der Waals surface area contributed by atoms with E-state index in [0.717, 1.165) is 39.1 Å². The Hall–Kier alpha value is -2.92. The van der Waals surface area contributed by atoms with Crippen LogP contribution in [-0.2, 0) is 11.2 Å². The third kappa shape index (κ3) is 3.65. The maximum atomic E-state index is 12.9. The summed E-state index contributed by atoms with van der Waals surface area (Å²) in [6.07, 6.45) is 1.04. The van der Waals surface area contributed by atoms with Gasteiger partial charge in [0.2, 0.25) is 5.91 Å². The predicted molar refractivity (Wildman–Crippen MR) is 121 cm³/mol. The van der Waals surface area contributed by atoms with Gasteiger partial charge in [-0.3, -0.25) is 4.79 Å². The molecule has 0 radical (unpaired) electrons. The lowest BCUT2D eigenvalue weighted by molar-refractivity contribution is -0.131. The van der Waals surface area contributed by atoms with Crippen LogP contribution in [0.1, 0.15) is 41.9 Å². The van der Waals surface area contributed by atoms with Crippen LogP contribution in [0.3, 0.4) is 0 Å². The number of aryl methyl sites for hydroxylation is 2. The molecule has 2 aromatic heterocycles. The summed E-state index contributed by atoms with van der Waals surface area (Å²) < 4.78 is 1.90. The number of nitrogens with zero attached hydrogens (tertiary/aromatic N) is 4. The van der Waals surface area contributed by atoms with E-state index in [1.807, 2.05) is 80.9 Å². The second kappa shape index (κ2) is 8.07. The number of benzene rings is 2. The molecule has 4 rings (SSSR count). The van der Waals surface area contributed by atoms with Crippen LogP contribution < -0.4 is 0 Å². The SMILES string of the molecule is Cc1nc2c3ccccc3nn2c(C)c1CCC(=O)N(C)C(C)c1cccc(Cl)c1. The molecule has 1 unspecified atom stereocenters. The van der Waals surface area contributed by atoms with Crippen molar-refractivity contribution in [3.8, 4) is 0 Å². The van der Waals surface area contributed by atoms with Crippen LogP contribution >= 0.6 is 11.6 Å². The van der Waals surface area contributed by atoms with Gasteiger partial charge in [-0.05, 0) is 62.6 Å². The van der Waals surface area contributed by atoms with Crippen LogP contribution in [0.15, 0.2) is 48.5 Å². The first-order valence-electron chi connectivity index (χ1n) is 10.1. The van der Waals surface area contributed by atoms with Crippen molar-refractivity contribution in [2.75, 3.05) is 7.05 Å². The van der Waals surface area contributed by atoms with Gasteiger partial charge in [-0.15, -0.1) is 0 Å². The summed E-state index contributed by atoms with van der Waals surface area (Å²) in [7, 11) is 1.84. The Kier molecular flexibility index (Phi) is 5.48. The van der Waals surface area contributed by atoms with Gasteiger partial charge in [0.05, 0.1) is 11.6 Å². The molecule has 5 nitrogen and oxygen atoms in total. The molecule has 6 heteroatoms. The summed E-state index contributed by atoms with van der Waals surface area (Å²) in [5.41, 5.74) is 5.87. The van der Waals surface area contributed by atoms with Gasteiger partial charge < -0.3 is 4.90 Å². The molecule has 0 aliphatic rings. The fourth-order valence-corrected chi connectivity index (χ4v) is 4.15. The van der Waals surface area contributed by atoms with Gasteiger partial charge in [-0.2, -0.15) is 5.10 Å². The van der Waals surface area contributed by atoms with E-state index in [9.17, 15) is 4.79 Å². The van der Waals surface area contributed by atoms with E-state index < -0.39 is 0 Å². The molecule has 0 spiro atoms. The Morgan fingerprint density at radius 2 is 1.93 bits per heavy atom. The topological polar surface area (TPSA) is 50.5 Å². The highest BCUT2D eigenvalue weighted by atomic mass is 35.5. The van der Waals surface area contributed by atoms with Gasteiger partial charge in [-0.25, -0.2) is 9.50 Å². The molecule has 2 heterocycles. The Balaban J connectivity index is 1.55. The third-order valence-electron chi connectivity index (χ3n) is 5.91. The number of halogens is 1. The zero-order chi connectivity index (χ0) is 21.4. The van der Waals surface area contributed by atoms with Crippen LogP contribution in [0.2, 0.25) is 5.02 Å². The second-order valence-corrected chi connectivity index (χ2v) is 8.19. The lowest BCUT2D eigenvalue weighted by Gasteiger charge is -2.26. The van der Waals surface area contributed by atoms with Crippen molar-refractivity contribution in [3.63, 3.8) is 0 Å². The molecule has 0 fully saturated rings. The average Bonchev–Trinajstić information content (AvgIpc) is 3.11. The molecule has 0 saturated heterocycles. The summed E-state index contributed by atoms with van der Waals surface area (Å²) >= 11 is 6.11. The molecular weight excluding hydrogens is 396 g/mol. The van der Waals surface area contributed by atoms with Gasteiger partial charge in [0, 0.05) is 35.3 Å². The second-order valence-electron chi connectivity index (χ2n) is 7.75. The Morgan fingerprint density at radius 1 is 1.17 bits per heavy atom. The molecule has 154 valence electrons. The van der Waals surface area contributed by atoms with Gasteiger partial charge >= 0.3 is 0 Å². The zero-order valence-electron chi connectivity index (χ0n) is 17.7. The minimum Gasteiger partial charge on any atom is -0.339 e. The van der Waals surface area contributed by atoms with E-state index in [2.05, 4.69) is 0 Å². The van der Waals surface area contributed by atoms with Gasteiger partial charge in [0.15, 0.2) is 5.65 Å². The number of fused-ring (bicyclic) bond motifs is 3. The van der Waals surface area contributed by atoms with E-state index >= 15 is 0 Å². The molecule has 4 aromatic rings. The van der Waals surface area contributed by atoms with Crippen molar-refractivity contribution >= 4 is 34.1 Å². The smallest absolute Gasteiger partial charge is 0.223 e. The fraction of sp³-hybridized carbons (Fsp3) is 0.292. The number of hydrogen-bond acceptors (Lipinski definition) is 3. The standard InChI is InChI=1S/C24H25ClN4O/c1-15-20(17(3)29-24(26-15)21-10-5-6-11-22(21)27-29)12-13-23(30)28(4)16(2)18-8-7-9-19(25)14-18/h5-11,14,16H,12-13H2,1-4H3. The monoisotopic (exact) mass is 420 g/mol. The third-order valence-corrected chi connectivity index (χ3v) is 6.15. The highest BCUT2D eigenvalue weighted by Gasteiger charge is 2.19. The number of carbonyl (C=O) groups is 1. The zero-order valence-corrected chi connectivity index (χ0v) is 18.4. The van der Waals surface area contributed by atoms with Gasteiger partial charge in [0.1, 0.15) is 0 Å². The maximum absolute atomic E-state index is 12.9. The van der Waals surface area contributed by atoms with Crippen molar-refractivity contribution in [2.45, 2.75) is 39.7 Å². The van der Waals surface area contributed by atoms with Crippen molar-refractivity contribution in [1.82, 2.24) is 19.5 Å². The van der Waals surface area contributed by atoms with Crippen LogP contribution in [0.25, 0.3) is 16.6 Å². The number of rotatable bonds is 5. The number of amides is 1. The Labute approximate surface area is 181 Å². The minimum absolute atomic E-state index is 0.0459. The van der Waals surface area contributed by atoms with Gasteiger partial charge in [0.25, 0.3) is 0 Å². The molecule has 2 aromatic carbocycles. The van der Waals surface area contributed by atoms with Crippen molar-refractivity contribution < 1.29 is 4.79 Å². The molecule has 0 bridgehead atoms. The minimum atomic E-state index is -0.0459. The quantitative estimate of drug-likeness (QED) is 0.440. The van der Waals surface area contributed by atoms with Crippen LogP contribution in [0, 0.1) is 13.8 Å². The molecule has 0 saturated carbocycles. The first-order chi connectivity index (χ1) is 14.4. The molecule has 1 amide bonds. The van der Waals surface area contributed by atoms with Gasteiger partial charge in [-0.1, -0.05) is 35.9 Å². The van der Waals surface area contributed by atoms with E-state index in [0.29, 0.717) is 17.9 Å². The number of aromatic nitrogens is 3. The van der Waals surface area contributed by atoms with E-state index in [1.54, 1.807) is 4.90 Å². The van der Waals surface area contributed by atoms with Crippen molar-refractivity contribution in [2.24, 2.45) is 0 Å². The summed E-state index contributed by atoms with van der Waals surface area (Å²) in [5, 5.41) is 6.42. The maximum Gasteiger partial charge on any atom is 0.223 e. The summed E-state index contributed by atoms with van der Waals surface area (Å²) in [5.74, 6) is 0.0898. The summed E-state index contributed by atoms with van der Waals surface area (Å²) in [6.45, 7) is 6.07.